The Balaban J connectivity index is 2.47. The second kappa shape index (κ2) is 6.44. The zero-order chi connectivity index (χ0) is 15.6. The van der Waals surface area contributed by atoms with Gasteiger partial charge >= 0.3 is 0 Å². The van der Waals surface area contributed by atoms with Crippen LogP contribution >= 0.6 is 0 Å². The summed E-state index contributed by atoms with van der Waals surface area (Å²) in [6, 6.07) is 4.00. The lowest BCUT2D eigenvalue weighted by molar-refractivity contribution is -0.894. The SMILES string of the molecule is CCCC[NH+](C)Cc1c(C)[nH]c2c(C)c(C)ccc2c1=O. The molecular weight excluding hydrogens is 260 g/mol. The summed E-state index contributed by atoms with van der Waals surface area (Å²) in [5.41, 5.74) is 5.52. The molecule has 0 spiro atoms. The molecule has 0 fully saturated rings. The summed E-state index contributed by atoms with van der Waals surface area (Å²) in [6.45, 7) is 10.3. The van der Waals surface area contributed by atoms with Crippen LogP contribution < -0.4 is 10.3 Å². The number of pyridine rings is 1. The van der Waals surface area contributed by atoms with E-state index in [1.54, 1.807) is 0 Å². The van der Waals surface area contributed by atoms with E-state index >= 15 is 0 Å². The molecule has 21 heavy (non-hydrogen) atoms. The highest BCUT2D eigenvalue weighted by Gasteiger charge is 2.14. The van der Waals surface area contributed by atoms with Gasteiger partial charge in [0.25, 0.3) is 0 Å². The summed E-state index contributed by atoms with van der Waals surface area (Å²) in [6.07, 6.45) is 2.40. The molecule has 0 saturated heterocycles. The van der Waals surface area contributed by atoms with Crippen LogP contribution in [0.3, 0.4) is 0 Å². The zero-order valence-electron chi connectivity index (χ0n) is 13.9. The van der Waals surface area contributed by atoms with E-state index in [-0.39, 0.29) is 5.43 Å². The summed E-state index contributed by atoms with van der Waals surface area (Å²) >= 11 is 0. The molecule has 2 N–H and O–H groups in total. The monoisotopic (exact) mass is 287 g/mol. The van der Waals surface area contributed by atoms with E-state index in [9.17, 15) is 4.79 Å². The summed E-state index contributed by atoms with van der Waals surface area (Å²) in [7, 11) is 2.17. The Morgan fingerprint density at radius 3 is 2.57 bits per heavy atom. The third kappa shape index (κ3) is 3.18. The number of fused-ring (bicyclic) bond motifs is 1. The first-order valence-corrected chi connectivity index (χ1v) is 7.88. The fourth-order valence-electron chi connectivity index (χ4n) is 2.84. The van der Waals surface area contributed by atoms with E-state index in [2.05, 4.69) is 32.8 Å². The molecule has 3 heteroatoms. The van der Waals surface area contributed by atoms with Crippen molar-refractivity contribution in [2.75, 3.05) is 13.6 Å². The molecule has 0 bridgehead atoms. The number of nitrogens with one attached hydrogen (secondary N) is 2. The summed E-state index contributed by atoms with van der Waals surface area (Å²) in [5, 5.41) is 0.821. The largest absolute Gasteiger partial charge is 0.358 e. The number of benzene rings is 1. The Bertz CT molecular complexity index is 700. The second-order valence-electron chi connectivity index (χ2n) is 6.23. The average molecular weight is 287 g/mol. The van der Waals surface area contributed by atoms with Crippen molar-refractivity contribution in [1.82, 2.24) is 4.98 Å². The highest BCUT2D eigenvalue weighted by Crippen LogP contribution is 2.18. The van der Waals surface area contributed by atoms with E-state index in [1.165, 1.54) is 28.9 Å². The maximum absolute atomic E-state index is 12.8. The van der Waals surface area contributed by atoms with Crippen molar-refractivity contribution >= 4 is 10.9 Å². The van der Waals surface area contributed by atoms with Gasteiger partial charge in [-0.2, -0.15) is 0 Å². The fourth-order valence-corrected chi connectivity index (χ4v) is 2.84. The summed E-state index contributed by atoms with van der Waals surface area (Å²) in [4.78, 5) is 17.6. The van der Waals surface area contributed by atoms with Crippen molar-refractivity contribution in [3.8, 4) is 0 Å². The molecule has 2 aromatic rings. The highest BCUT2D eigenvalue weighted by molar-refractivity contribution is 5.83. The number of H-pyrrole nitrogens is 1. The van der Waals surface area contributed by atoms with Gasteiger partial charge in [0.15, 0.2) is 5.43 Å². The molecule has 0 aliphatic heterocycles. The van der Waals surface area contributed by atoms with Gasteiger partial charge < -0.3 is 9.88 Å². The molecule has 1 heterocycles. The number of rotatable bonds is 5. The van der Waals surface area contributed by atoms with Crippen molar-refractivity contribution in [2.45, 2.75) is 47.1 Å². The maximum atomic E-state index is 12.8. The molecule has 1 unspecified atom stereocenters. The van der Waals surface area contributed by atoms with Crippen LogP contribution in [-0.2, 0) is 6.54 Å². The minimum Gasteiger partial charge on any atom is -0.358 e. The van der Waals surface area contributed by atoms with Crippen molar-refractivity contribution in [2.24, 2.45) is 0 Å². The lowest BCUT2D eigenvalue weighted by Gasteiger charge is -2.16. The quantitative estimate of drug-likeness (QED) is 0.870. The van der Waals surface area contributed by atoms with Gasteiger partial charge in [0.1, 0.15) is 6.54 Å². The number of quaternary nitrogens is 1. The van der Waals surface area contributed by atoms with Crippen LogP contribution in [0, 0.1) is 20.8 Å². The lowest BCUT2D eigenvalue weighted by Crippen LogP contribution is -3.07. The average Bonchev–Trinajstić information content (AvgIpc) is 2.45. The van der Waals surface area contributed by atoms with Crippen LogP contribution in [0.15, 0.2) is 16.9 Å². The van der Waals surface area contributed by atoms with Crippen LogP contribution in [0.2, 0.25) is 0 Å². The van der Waals surface area contributed by atoms with Crippen molar-refractivity contribution in [1.29, 1.82) is 0 Å². The van der Waals surface area contributed by atoms with Crippen molar-refractivity contribution in [3.63, 3.8) is 0 Å². The lowest BCUT2D eigenvalue weighted by atomic mass is 10.0. The van der Waals surface area contributed by atoms with Gasteiger partial charge in [-0.05, 0) is 44.4 Å². The molecule has 0 saturated carbocycles. The summed E-state index contributed by atoms with van der Waals surface area (Å²) in [5.74, 6) is 0. The molecule has 1 aromatic heterocycles. The molecule has 0 radical (unpaired) electrons. The van der Waals surface area contributed by atoms with Gasteiger partial charge in [0, 0.05) is 11.1 Å². The molecule has 0 amide bonds. The molecule has 1 atom stereocenters. The Morgan fingerprint density at radius 1 is 1.19 bits per heavy atom. The number of aromatic amines is 1. The first kappa shape index (κ1) is 15.8. The van der Waals surface area contributed by atoms with Gasteiger partial charge in [-0.15, -0.1) is 0 Å². The fraction of sp³-hybridized carbons (Fsp3) is 0.500. The standard InChI is InChI=1S/C18H26N2O/c1-6-7-10-20(5)11-16-14(4)19-17-13(3)12(2)8-9-15(17)18(16)21/h8-9H,6-7,10-11H2,1-5H3,(H,19,21)/p+1. The van der Waals surface area contributed by atoms with E-state index < -0.39 is 0 Å². The van der Waals surface area contributed by atoms with E-state index in [4.69, 9.17) is 0 Å². The predicted molar refractivity (Wildman–Crippen MR) is 89.1 cm³/mol. The number of aromatic nitrogens is 1. The Labute approximate surface area is 127 Å². The minimum absolute atomic E-state index is 0.195. The van der Waals surface area contributed by atoms with Crippen molar-refractivity contribution in [3.05, 3.63) is 44.7 Å². The van der Waals surface area contributed by atoms with Crippen LogP contribution in [-0.4, -0.2) is 18.6 Å². The minimum atomic E-state index is 0.195. The smallest absolute Gasteiger partial charge is 0.198 e. The molecule has 0 aliphatic rings. The van der Waals surface area contributed by atoms with E-state index in [0.29, 0.717) is 0 Å². The Morgan fingerprint density at radius 2 is 1.90 bits per heavy atom. The van der Waals surface area contributed by atoms with E-state index in [0.717, 1.165) is 35.2 Å². The molecular formula is C18H27N2O+. The highest BCUT2D eigenvalue weighted by atomic mass is 16.1. The Hall–Kier alpha value is -1.61. The van der Waals surface area contributed by atoms with E-state index in [1.807, 2.05) is 19.1 Å². The number of unbranched alkanes of at least 4 members (excludes halogenated alkanes) is 1. The van der Waals surface area contributed by atoms with Crippen LogP contribution in [0.5, 0.6) is 0 Å². The van der Waals surface area contributed by atoms with Gasteiger partial charge in [-0.1, -0.05) is 19.4 Å². The third-order valence-electron chi connectivity index (χ3n) is 4.46. The van der Waals surface area contributed by atoms with Gasteiger partial charge in [-0.3, -0.25) is 4.79 Å². The number of hydrogen-bond donors (Lipinski definition) is 2. The topological polar surface area (TPSA) is 37.3 Å². The second-order valence-corrected chi connectivity index (χ2v) is 6.23. The van der Waals surface area contributed by atoms with Crippen LogP contribution in [0.25, 0.3) is 10.9 Å². The van der Waals surface area contributed by atoms with Crippen LogP contribution in [0.1, 0.15) is 42.1 Å². The molecule has 2 rings (SSSR count). The number of hydrogen-bond acceptors (Lipinski definition) is 1. The van der Waals surface area contributed by atoms with Gasteiger partial charge in [0.2, 0.25) is 0 Å². The first-order valence-electron chi connectivity index (χ1n) is 7.88. The molecule has 3 nitrogen and oxygen atoms in total. The zero-order valence-corrected chi connectivity index (χ0v) is 13.9. The maximum Gasteiger partial charge on any atom is 0.198 e. The van der Waals surface area contributed by atoms with Gasteiger partial charge in [-0.25, -0.2) is 0 Å². The predicted octanol–water partition coefficient (Wildman–Crippen LogP) is 2.27. The van der Waals surface area contributed by atoms with Gasteiger partial charge in [0.05, 0.1) is 24.7 Å². The summed E-state index contributed by atoms with van der Waals surface area (Å²) < 4.78 is 0. The molecule has 0 aliphatic carbocycles. The molecule has 1 aromatic carbocycles. The Kier molecular flexibility index (Phi) is 4.84. The normalized spacial score (nSPS) is 12.8. The number of aryl methyl sites for hydroxylation is 3. The first-order chi connectivity index (χ1) is 9.95. The van der Waals surface area contributed by atoms with Crippen LogP contribution in [0.4, 0.5) is 0 Å². The van der Waals surface area contributed by atoms with Crippen molar-refractivity contribution < 1.29 is 4.90 Å². The molecule has 114 valence electrons. The third-order valence-corrected chi connectivity index (χ3v) is 4.46.